The molecule has 0 spiro atoms. The summed E-state index contributed by atoms with van der Waals surface area (Å²) in [5.41, 5.74) is 3.46. The topological polar surface area (TPSA) is 41.7 Å². The predicted molar refractivity (Wildman–Crippen MR) is 58.5 cm³/mol. The minimum atomic E-state index is -0.852. The minimum absolute atomic E-state index is 0.409. The quantitative estimate of drug-likeness (QED) is 0.814. The van der Waals surface area contributed by atoms with E-state index in [1.807, 2.05) is 36.6 Å². The zero-order valence-electron chi connectivity index (χ0n) is 8.82. The lowest BCUT2D eigenvalue weighted by Crippen LogP contribution is -1.97. The number of rotatable bonds is 2. The van der Waals surface area contributed by atoms with Crippen LogP contribution in [0.15, 0.2) is 24.5 Å². The number of carbonyl (C=O) groups is 1. The van der Waals surface area contributed by atoms with E-state index in [9.17, 15) is 4.79 Å². The highest BCUT2D eigenvalue weighted by Gasteiger charge is 2.15. The average molecular weight is 203 g/mol. The van der Waals surface area contributed by atoms with Gasteiger partial charge in [-0.3, -0.25) is 0 Å². The van der Waals surface area contributed by atoms with Crippen molar-refractivity contribution >= 4 is 11.5 Å². The number of hydrogen-bond acceptors (Lipinski definition) is 1. The number of aryl methyl sites for hydroxylation is 2. The molecule has 0 fully saturated rings. The fraction of sp³-hybridized carbons (Fsp3) is 0.250. The first-order chi connectivity index (χ1) is 7.15. The van der Waals surface area contributed by atoms with Crippen LogP contribution in [0.1, 0.15) is 28.4 Å². The summed E-state index contributed by atoms with van der Waals surface area (Å²) >= 11 is 0. The summed E-state index contributed by atoms with van der Waals surface area (Å²) in [5.74, 6) is -0.852. The Balaban J connectivity index is 2.86. The van der Waals surface area contributed by atoms with Crippen LogP contribution in [0.25, 0.3) is 5.52 Å². The second kappa shape index (κ2) is 3.42. The molecule has 0 unspecified atom stereocenters. The zero-order valence-corrected chi connectivity index (χ0v) is 8.82. The van der Waals surface area contributed by atoms with E-state index in [2.05, 4.69) is 0 Å². The minimum Gasteiger partial charge on any atom is -0.478 e. The number of aromatic nitrogens is 1. The van der Waals surface area contributed by atoms with E-state index in [4.69, 9.17) is 5.11 Å². The Kier molecular flexibility index (Phi) is 2.23. The number of carboxylic acids is 1. The van der Waals surface area contributed by atoms with Crippen molar-refractivity contribution in [1.29, 1.82) is 0 Å². The number of carboxylic acid groups (broad SMARTS) is 1. The lowest BCUT2D eigenvalue weighted by Gasteiger charge is -2.01. The molecule has 2 heterocycles. The molecular formula is C12H13NO2. The summed E-state index contributed by atoms with van der Waals surface area (Å²) in [6, 6.07) is 3.92. The van der Waals surface area contributed by atoms with Crippen molar-refractivity contribution < 1.29 is 9.90 Å². The molecule has 0 aromatic carbocycles. The summed E-state index contributed by atoms with van der Waals surface area (Å²) in [6.45, 7) is 3.98. The molecule has 1 N–H and O–H groups in total. The maximum atomic E-state index is 11.0. The van der Waals surface area contributed by atoms with Crippen molar-refractivity contribution in [2.24, 2.45) is 0 Å². The number of hydrogen-bond donors (Lipinski definition) is 1. The Hall–Kier alpha value is -1.77. The fourth-order valence-electron chi connectivity index (χ4n) is 2.03. The van der Waals surface area contributed by atoms with Crippen LogP contribution < -0.4 is 0 Å². The largest absolute Gasteiger partial charge is 0.478 e. The molecule has 0 aliphatic heterocycles. The van der Waals surface area contributed by atoms with E-state index in [-0.39, 0.29) is 0 Å². The molecule has 0 saturated heterocycles. The van der Waals surface area contributed by atoms with Crippen LogP contribution in [0, 0.1) is 6.92 Å². The average Bonchev–Trinajstić information content (AvgIpc) is 2.57. The van der Waals surface area contributed by atoms with Crippen LogP contribution in [0.2, 0.25) is 0 Å². The molecule has 0 radical (unpaired) electrons. The van der Waals surface area contributed by atoms with Gasteiger partial charge in [0.15, 0.2) is 0 Å². The van der Waals surface area contributed by atoms with Gasteiger partial charge in [0.2, 0.25) is 0 Å². The van der Waals surface area contributed by atoms with E-state index >= 15 is 0 Å². The van der Waals surface area contributed by atoms with E-state index in [1.54, 1.807) is 6.20 Å². The Morgan fingerprint density at radius 3 is 2.87 bits per heavy atom. The fourth-order valence-corrected chi connectivity index (χ4v) is 2.03. The van der Waals surface area contributed by atoms with Gasteiger partial charge in [0.25, 0.3) is 0 Å². The highest BCUT2D eigenvalue weighted by Crippen LogP contribution is 2.22. The molecule has 15 heavy (non-hydrogen) atoms. The summed E-state index contributed by atoms with van der Waals surface area (Å²) in [6.07, 6.45) is 4.31. The van der Waals surface area contributed by atoms with Crippen LogP contribution >= 0.6 is 0 Å². The molecule has 0 aliphatic carbocycles. The number of aromatic carboxylic acids is 1. The number of pyridine rings is 1. The van der Waals surface area contributed by atoms with Crippen LogP contribution in [0.4, 0.5) is 0 Å². The Labute approximate surface area is 88.0 Å². The van der Waals surface area contributed by atoms with E-state index < -0.39 is 5.97 Å². The molecule has 3 heteroatoms. The van der Waals surface area contributed by atoms with Gasteiger partial charge in [-0.25, -0.2) is 4.79 Å². The smallest absolute Gasteiger partial charge is 0.337 e. The van der Waals surface area contributed by atoms with E-state index in [0.29, 0.717) is 5.56 Å². The molecule has 0 atom stereocenters. The van der Waals surface area contributed by atoms with Gasteiger partial charge in [-0.2, -0.15) is 0 Å². The molecule has 2 aromatic heterocycles. The third kappa shape index (κ3) is 1.40. The van der Waals surface area contributed by atoms with Crippen molar-refractivity contribution in [2.45, 2.75) is 20.3 Å². The maximum Gasteiger partial charge on any atom is 0.337 e. The van der Waals surface area contributed by atoms with Gasteiger partial charge in [0, 0.05) is 12.4 Å². The summed E-state index contributed by atoms with van der Waals surface area (Å²) in [7, 11) is 0. The molecule has 0 saturated carbocycles. The third-order valence-electron chi connectivity index (χ3n) is 2.69. The first kappa shape index (κ1) is 9.77. The molecular weight excluding hydrogens is 190 g/mol. The van der Waals surface area contributed by atoms with Crippen molar-refractivity contribution in [1.82, 2.24) is 4.40 Å². The normalized spacial score (nSPS) is 10.8. The van der Waals surface area contributed by atoms with Gasteiger partial charge in [-0.05, 0) is 30.5 Å². The molecule has 78 valence electrons. The third-order valence-corrected chi connectivity index (χ3v) is 2.69. The molecule has 0 aliphatic rings. The van der Waals surface area contributed by atoms with Gasteiger partial charge in [0.05, 0.1) is 11.1 Å². The van der Waals surface area contributed by atoms with Crippen LogP contribution in [-0.4, -0.2) is 15.5 Å². The highest BCUT2D eigenvalue weighted by atomic mass is 16.4. The van der Waals surface area contributed by atoms with Crippen LogP contribution in [0.3, 0.4) is 0 Å². The lowest BCUT2D eigenvalue weighted by atomic mass is 10.1. The van der Waals surface area contributed by atoms with Crippen molar-refractivity contribution in [3.05, 3.63) is 41.2 Å². The zero-order chi connectivity index (χ0) is 11.0. The Morgan fingerprint density at radius 2 is 2.27 bits per heavy atom. The number of nitrogens with zero attached hydrogens (tertiary/aromatic N) is 1. The first-order valence-electron chi connectivity index (χ1n) is 4.97. The summed E-state index contributed by atoms with van der Waals surface area (Å²) in [5, 5.41) is 9.08. The molecule has 2 rings (SSSR count). The van der Waals surface area contributed by atoms with Crippen molar-refractivity contribution in [2.75, 3.05) is 0 Å². The molecule has 2 aromatic rings. The van der Waals surface area contributed by atoms with Gasteiger partial charge >= 0.3 is 5.97 Å². The molecule has 0 amide bonds. The van der Waals surface area contributed by atoms with Gasteiger partial charge < -0.3 is 9.51 Å². The van der Waals surface area contributed by atoms with E-state index in [1.165, 1.54) is 0 Å². The van der Waals surface area contributed by atoms with Gasteiger partial charge in [0.1, 0.15) is 0 Å². The monoisotopic (exact) mass is 203 g/mol. The SMILES string of the molecule is CCc1c(C(=O)O)cn2cccc(C)c12. The summed E-state index contributed by atoms with van der Waals surface area (Å²) < 4.78 is 1.89. The lowest BCUT2D eigenvalue weighted by molar-refractivity contribution is 0.0696. The van der Waals surface area contributed by atoms with E-state index in [0.717, 1.165) is 23.1 Å². The van der Waals surface area contributed by atoms with Crippen LogP contribution in [-0.2, 0) is 6.42 Å². The predicted octanol–water partition coefficient (Wildman–Crippen LogP) is 2.51. The first-order valence-corrected chi connectivity index (χ1v) is 4.97. The second-order valence-corrected chi connectivity index (χ2v) is 3.63. The Morgan fingerprint density at radius 1 is 1.53 bits per heavy atom. The standard InChI is InChI=1S/C12H13NO2/c1-3-9-10(12(14)15)7-13-6-4-5-8(2)11(9)13/h4-7H,3H2,1-2H3,(H,14,15). The van der Waals surface area contributed by atoms with Crippen molar-refractivity contribution in [3.8, 4) is 0 Å². The van der Waals surface area contributed by atoms with Gasteiger partial charge in [-0.1, -0.05) is 13.0 Å². The highest BCUT2D eigenvalue weighted by molar-refractivity contribution is 5.92. The Bertz CT molecular complexity index is 526. The molecule has 3 nitrogen and oxygen atoms in total. The van der Waals surface area contributed by atoms with Crippen LogP contribution in [0.5, 0.6) is 0 Å². The second-order valence-electron chi connectivity index (χ2n) is 3.63. The maximum absolute atomic E-state index is 11.0. The van der Waals surface area contributed by atoms with Crippen molar-refractivity contribution in [3.63, 3.8) is 0 Å². The molecule has 0 bridgehead atoms. The van der Waals surface area contributed by atoms with Gasteiger partial charge in [-0.15, -0.1) is 0 Å². The number of fused-ring (bicyclic) bond motifs is 1. The summed E-state index contributed by atoms with van der Waals surface area (Å²) in [4.78, 5) is 11.0.